The summed E-state index contributed by atoms with van der Waals surface area (Å²) in [7, 11) is 0. The van der Waals surface area contributed by atoms with Gasteiger partial charge in [-0.2, -0.15) is 0 Å². The van der Waals surface area contributed by atoms with E-state index in [-0.39, 0.29) is 29.6 Å². The fourth-order valence-corrected chi connectivity index (χ4v) is 1.41. The van der Waals surface area contributed by atoms with Gasteiger partial charge in [0.15, 0.2) is 5.13 Å². The Bertz CT molecular complexity index is 311. The van der Waals surface area contributed by atoms with Gasteiger partial charge < -0.3 is 15.6 Å². The Labute approximate surface area is 102 Å². The first kappa shape index (κ1) is 12.9. The smallest absolute Gasteiger partial charge is 0.549 e. The molecule has 0 aliphatic heterocycles. The van der Waals surface area contributed by atoms with E-state index in [4.69, 9.17) is 5.73 Å². The van der Waals surface area contributed by atoms with Crippen LogP contribution >= 0.6 is 11.3 Å². The zero-order valence-corrected chi connectivity index (χ0v) is 10.6. The number of carbonyl (C=O) groups excluding carboxylic acids is 1. The largest absolute Gasteiger partial charge is 1.00 e. The molecule has 0 unspecified atom stereocenters. The molecule has 0 aliphatic carbocycles. The van der Waals surface area contributed by atoms with E-state index < -0.39 is 11.4 Å². The molecule has 0 saturated heterocycles. The molecule has 1 aromatic heterocycles. The summed E-state index contributed by atoms with van der Waals surface area (Å²) in [6.45, 7) is 3.08. The molecule has 13 heavy (non-hydrogen) atoms. The van der Waals surface area contributed by atoms with Gasteiger partial charge in [-0.05, 0) is 13.8 Å². The molecule has 4 nitrogen and oxygen atoms in total. The first-order chi connectivity index (χ1) is 5.44. The standard InChI is InChI=1S/C7H10N2O2S.Na/c1-7(2,5(10)11)4-3-12-6(8)9-4;/h3H,1-2H3,(H2,8,9)(H,10,11);/q;+1/p-1. The van der Waals surface area contributed by atoms with Gasteiger partial charge in [0.05, 0.1) is 11.7 Å². The second-order valence-electron chi connectivity index (χ2n) is 2.98. The summed E-state index contributed by atoms with van der Waals surface area (Å²) in [6, 6.07) is 0. The Morgan fingerprint density at radius 3 is 2.54 bits per heavy atom. The van der Waals surface area contributed by atoms with Crippen LogP contribution in [0.3, 0.4) is 0 Å². The zero-order chi connectivity index (χ0) is 9.35. The molecule has 6 heteroatoms. The van der Waals surface area contributed by atoms with Gasteiger partial charge in [0.1, 0.15) is 0 Å². The number of rotatable bonds is 2. The fourth-order valence-electron chi connectivity index (χ4n) is 0.679. The minimum Gasteiger partial charge on any atom is -0.549 e. The molecule has 0 atom stereocenters. The van der Waals surface area contributed by atoms with Crippen LogP contribution in [-0.4, -0.2) is 11.0 Å². The number of nitrogens with two attached hydrogens (primary N) is 1. The van der Waals surface area contributed by atoms with Crippen LogP contribution in [-0.2, 0) is 10.2 Å². The third-order valence-corrected chi connectivity index (χ3v) is 2.35. The van der Waals surface area contributed by atoms with Crippen LogP contribution in [0.1, 0.15) is 19.5 Å². The van der Waals surface area contributed by atoms with Crippen molar-refractivity contribution in [2.24, 2.45) is 0 Å². The number of carboxylic acid groups (broad SMARTS) is 1. The summed E-state index contributed by atoms with van der Waals surface area (Å²) in [5.74, 6) is -1.15. The maximum Gasteiger partial charge on any atom is 1.00 e. The summed E-state index contributed by atoms with van der Waals surface area (Å²) in [6.07, 6.45) is 0. The third kappa shape index (κ3) is 2.67. The number of anilines is 1. The molecule has 0 saturated carbocycles. The van der Waals surface area contributed by atoms with E-state index in [0.717, 1.165) is 0 Å². The monoisotopic (exact) mass is 208 g/mol. The number of thiazole rings is 1. The van der Waals surface area contributed by atoms with E-state index >= 15 is 0 Å². The van der Waals surface area contributed by atoms with Crippen molar-refractivity contribution in [2.45, 2.75) is 19.3 Å². The summed E-state index contributed by atoms with van der Waals surface area (Å²) in [4.78, 5) is 14.5. The van der Waals surface area contributed by atoms with Gasteiger partial charge in [-0.25, -0.2) is 4.98 Å². The molecule has 0 fully saturated rings. The van der Waals surface area contributed by atoms with Crippen molar-refractivity contribution in [1.29, 1.82) is 0 Å². The van der Waals surface area contributed by atoms with Crippen LogP contribution in [0.4, 0.5) is 5.13 Å². The fraction of sp³-hybridized carbons (Fsp3) is 0.429. The Balaban J connectivity index is 0.00000144. The van der Waals surface area contributed by atoms with E-state index in [1.165, 1.54) is 25.2 Å². The summed E-state index contributed by atoms with van der Waals surface area (Å²) in [5.41, 5.74) is 4.76. The van der Waals surface area contributed by atoms with Gasteiger partial charge >= 0.3 is 29.6 Å². The predicted octanol–water partition coefficient (Wildman–Crippen LogP) is -3.24. The van der Waals surface area contributed by atoms with Crippen LogP contribution in [0, 0.1) is 0 Å². The van der Waals surface area contributed by atoms with Crippen molar-refractivity contribution in [3.8, 4) is 0 Å². The van der Waals surface area contributed by atoms with Gasteiger partial charge in [0.25, 0.3) is 0 Å². The van der Waals surface area contributed by atoms with Gasteiger partial charge in [-0.15, -0.1) is 11.3 Å². The first-order valence-electron chi connectivity index (χ1n) is 3.37. The van der Waals surface area contributed by atoms with Crippen LogP contribution < -0.4 is 40.4 Å². The van der Waals surface area contributed by atoms with Crippen LogP contribution in [0.5, 0.6) is 0 Å². The quantitative estimate of drug-likeness (QED) is 0.518. The minimum atomic E-state index is -1.15. The predicted molar refractivity (Wildman–Crippen MR) is 44.6 cm³/mol. The van der Waals surface area contributed by atoms with Gasteiger partial charge in [0.2, 0.25) is 0 Å². The Morgan fingerprint density at radius 2 is 2.23 bits per heavy atom. The Morgan fingerprint density at radius 1 is 1.69 bits per heavy atom. The minimum absolute atomic E-state index is 0. The Hall–Kier alpha value is -0.100. The normalized spacial score (nSPS) is 10.6. The number of carboxylic acids is 1. The van der Waals surface area contributed by atoms with Gasteiger partial charge in [-0.3, -0.25) is 0 Å². The number of nitrogens with zero attached hydrogens (tertiary/aromatic N) is 1. The molecule has 0 spiro atoms. The second kappa shape index (κ2) is 4.41. The second-order valence-corrected chi connectivity index (χ2v) is 3.87. The molecule has 1 rings (SSSR count). The maximum absolute atomic E-state index is 10.6. The molecule has 1 aromatic rings. The number of nitrogen functional groups attached to an aromatic ring is 1. The molecule has 0 aliphatic rings. The number of carbonyl (C=O) groups is 1. The molecule has 0 aromatic carbocycles. The van der Waals surface area contributed by atoms with Crippen molar-refractivity contribution in [3.63, 3.8) is 0 Å². The van der Waals surface area contributed by atoms with Crippen molar-refractivity contribution in [3.05, 3.63) is 11.1 Å². The van der Waals surface area contributed by atoms with Gasteiger partial charge in [-0.1, -0.05) is 0 Å². The van der Waals surface area contributed by atoms with Crippen LogP contribution in [0.25, 0.3) is 0 Å². The number of hydrogen-bond acceptors (Lipinski definition) is 5. The molecule has 0 bridgehead atoms. The zero-order valence-electron chi connectivity index (χ0n) is 7.83. The molecule has 0 radical (unpaired) electrons. The average molecular weight is 208 g/mol. The van der Waals surface area contributed by atoms with Crippen molar-refractivity contribution >= 4 is 22.4 Å². The SMILES string of the molecule is CC(C)(C(=O)[O-])c1csc(N)n1.[Na+]. The molecule has 2 N–H and O–H groups in total. The van der Waals surface area contributed by atoms with Crippen molar-refractivity contribution in [1.82, 2.24) is 4.98 Å². The van der Waals surface area contributed by atoms with Crippen LogP contribution in [0.15, 0.2) is 5.38 Å². The first-order valence-corrected chi connectivity index (χ1v) is 4.25. The average Bonchev–Trinajstić information content (AvgIpc) is 2.35. The summed E-state index contributed by atoms with van der Waals surface area (Å²) >= 11 is 1.22. The number of hydrogen-bond donors (Lipinski definition) is 1. The van der Waals surface area contributed by atoms with Crippen molar-refractivity contribution in [2.75, 3.05) is 5.73 Å². The number of aliphatic carboxylic acids is 1. The topological polar surface area (TPSA) is 79.0 Å². The summed E-state index contributed by atoms with van der Waals surface area (Å²) in [5, 5.41) is 12.6. The molecule has 0 amide bonds. The summed E-state index contributed by atoms with van der Waals surface area (Å²) < 4.78 is 0. The van der Waals surface area contributed by atoms with Crippen LogP contribution in [0.2, 0.25) is 0 Å². The number of aromatic nitrogens is 1. The molecule has 66 valence electrons. The Kier molecular flexibility index (Phi) is 4.38. The molecular weight excluding hydrogens is 199 g/mol. The maximum atomic E-state index is 10.6. The molecular formula is C7H9N2NaO2S. The third-order valence-electron chi connectivity index (χ3n) is 1.67. The molecule has 1 heterocycles. The van der Waals surface area contributed by atoms with E-state index in [2.05, 4.69) is 4.98 Å². The van der Waals surface area contributed by atoms with E-state index in [1.807, 2.05) is 0 Å². The van der Waals surface area contributed by atoms with Crippen molar-refractivity contribution < 1.29 is 39.5 Å². The van der Waals surface area contributed by atoms with E-state index in [9.17, 15) is 9.90 Å². The van der Waals surface area contributed by atoms with Gasteiger partial charge in [0, 0.05) is 10.8 Å². The van der Waals surface area contributed by atoms with E-state index in [0.29, 0.717) is 10.8 Å². The van der Waals surface area contributed by atoms with E-state index in [1.54, 1.807) is 5.38 Å².